The minimum absolute atomic E-state index is 0.0203. The molecule has 6 heteroatoms. The number of oxazole rings is 1. The first-order chi connectivity index (χ1) is 9.54. The first-order valence-corrected chi connectivity index (χ1v) is 5.86. The van der Waals surface area contributed by atoms with Crippen molar-refractivity contribution in [2.75, 3.05) is 0 Å². The third-order valence-corrected chi connectivity index (χ3v) is 2.94. The first kappa shape index (κ1) is 12.3. The Hall–Kier alpha value is -2.76. The summed E-state index contributed by atoms with van der Waals surface area (Å²) >= 11 is 0. The maximum absolute atomic E-state index is 13.8. The minimum Gasteiger partial charge on any atom is -0.436 e. The monoisotopic (exact) mass is 272 g/mol. The van der Waals surface area contributed by atoms with Crippen LogP contribution in [0.4, 0.5) is 10.1 Å². The Balaban J connectivity index is 2.19. The number of fused-ring (bicyclic) bond motifs is 1. The zero-order valence-corrected chi connectivity index (χ0v) is 10.5. The number of nitrogens with zero attached hydrogens (tertiary/aromatic N) is 2. The van der Waals surface area contributed by atoms with Crippen LogP contribution in [0, 0.1) is 22.9 Å². The third kappa shape index (κ3) is 2.01. The summed E-state index contributed by atoms with van der Waals surface area (Å²) in [4.78, 5) is 14.3. The molecule has 0 bridgehead atoms. The second kappa shape index (κ2) is 4.41. The topological polar surface area (TPSA) is 69.2 Å². The van der Waals surface area contributed by atoms with Gasteiger partial charge in [-0.1, -0.05) is 6.07 Å². The fourth-order valence-corrected chi connectivity index (χ4v) is 1.94. The van der Waals surface area contributed by atoms with Gasteiger partial charge in [-0.2, -0.15) is 0 Å². The van der Waals surface area contributed by atoms with E-state index in [1.807, 2.05) is 13.0 Å². The third-order valence-electron chi connectivity index (χ3n) is 2.94. The molecule has 2 aromatic carbocycles. The number of hydrogen-bond donors (Lipinski definition) is 0. The largest absolute Gasteiger partial charge is 0.436 e. The maximum atomic E-state index is 13.8. The molecule has 0 unspecified atom stereocenters. The standard InChI is InChI=1S/C14H9FN2O3/c1-8-2-5-12-13(6-8)20-14(16-12)10-7-9(17(18)19)3-4-11(10)15/h2-7H,1H3. The van der Waals surface area contributed by atoms with E-state index in [2.05, 4.69) is 4.98 Å². The van der Waals surface area contributed by atoms with E-state index in [-0.39, 0.29) is 17.1 Å². The molecule has 100 valence electrons. The molecule has 1 heterocycles. The lowest BCUT2D eigenvalue weighted by Gasteiger charge is -1.97. The van der Waals surface area contributed by atoms with Crippen LogP contribution in [0.1, 0.15) is 5.56 Å². The molecule has 0 aliphatic carbocycles. The summed E-state index contributed by atoms with van der Waals surface area (Å²) in [5, 5.41) is 10.7. The van der Waals surface area contributed by atoms with Crippen LogP contribution in [0.5, 0.6) is 0 Å². The summed E-state index contributed by atoms with van der Waals surface area (Å²) in [6.45, 7) is 1.90. The number of aryl methyl sites for hydroxylation is 1. The summed E-state index contributed by atoms with van der Waals surface area (Å²) in [6, 6.07) is 8.65. The van der Waals surface area contributed by atoms with Gasteiger partial charge in [0, 0.05) is 12.1 Å². The highest BCUT2D eigenvalue weighted by molar-refractivity contribution is 5.77. The maximum Gasteiger partial charge on any atom is 0.270 e. The van der Waals surface area contributed by atoms with Crippen LogP contribution in [0.15, 0.2) is 40.8 Å². The molecule has 0 radical (unpaired) electrons. The average Bonchev–Trinajstić information content (AvgIpc) is 2.81. The Bertz CT molecular complexity index is 826. The van der Waals surface area contributed by atoms with Crippen molar-refractivity contribution in [2.45, 2.75) is 6.92 Å². The Morgan fingerprint density at radius 2 is 2.05 bits per heavy atom. The molecule has 3 rings (SSSR count). The number of benzene rings is 2. The highest BCUT2D eigenvalue weighted by atomic mass is 19.1. The first-order valence-electron chi connectivity index (χ1n) is 5.86. The van der Waals surface area contributed by atoms with Crippen LogP contribution in [0.2, 0.25) is 0 Å². The van der Waals surface area contributed by atoms with Crippen molar-refractivity contribution in [3.8, 4) is 11.5 Å². The molecule has 0 N–H and O–H groups in total. The Morgan fingerprint density at radius 3 is 2.80 bits per heavy atom. The number of halogens is 1. The van der Waals surface area contributed by atoms with Gasteiger partial charge in [0.25, 0.3) is 5.69 Å². The van der Waals surface area contributed by atoms with Gasteiger partial charge < -0.3 is 4.42 Å². The van der Waals surface area contributed by atoms with Crippen molar-refractivity contribution in [1.82, 2.24) is 4.98 Å². The second-order valence-electron chi connectivity index (χ2n) is 4.41. The van der Waals surface area contributed by atoms with Gasteiger partial charge in [0.05, 0.1) is 10.5 Å². The van der Waals surface area contributed by atoms with E-state index in [0.29, 0.717) is 11.1 Å². The molecule has 1 aromatic heterocycles. The zero-order chi connectivity index (χ0) is 14.3. The van der Waals surface area contributed by atoms with Crippen molar-refractivity contribution in [1.29, 1.82) is 0 Å². The summed E-state index contributed by atoms with van der Waals surface area (Å²) in [7, 11) is 0. The highest BCUT2D eigenvalue weighted by Gasteiger charge is 2.17. The molecule has 0 fully saturated rings. The Morgan fingerprint density at radius 1 is 1.25 bits per heavy atom. The van der Waals surface area contributed by atoms with E-state index in [0.717, 1.165) is 23.8 Å². The number of hydrogen-bond acceptors (Lipinski definition) is 4. The van der Waals surface area contributed by atoms with Crippen LogP contribution < -0.4 is 0 Å². The second-order valence-corrected chi connectivity index (χ2v) is 4.41. The van der Waals surface area contributed by atoms with Crippen molar-refractivity contribution in [3.05, 3.63) is 57.9 Å². The van der Waals surface area contributed by atoms with Gasteiger partial charge in [-0.25, -0.2) is 9.37 Å². The minimum atomic E-state index is -0.612. The molecule has 0 spiro atoms. The van der Waals surface area contributed by atoms with Crippen molar-refractivity contribution < 1.29 is 13.7 Å². The van der Waals surface area contributed by atoms with Gasteiger partial charge in [0.15, 0.2) is 5.58 Å². The molecule has 0 amide bonds. The molecule has 0 aliphatic rings. The molecule has 0 atom stereocenters. The number of aromatic nitrogens is 1. The molecule has 20 heavy (non-hydrogen) atoms. The van der Waals surface area contributed by atoms with Crippen molar-refractivity contribution in [3.63, 3.8) is 0 Å². The summed E-state index contributed by atoms with van der Waals surface area (Å²) in [5.41, 5.74) is 1.86. The van der Waals surface area contributed by atoms with Gasteiger partial charge in [-0.3, -0.25) is 10.1 Å². The lowest BCUT2D eigenvalue weighted by Crippen LogP contribution is -1.91. The van der Waals surface area contributed by atoms with E-state index >= 15 is 0 Å². The van der Waals surface area contributed by atoms with Crippen LogP contribution in [-0.2, 0) is 0 Å². The number of nitro benzene ring substituents is 1. The van der Waals surface area contributed by atoms with Gasteiger partial charge in [0.1, 0.15) is 11.3 Å². The van der Waals surface area contributed by atoms with Crippen molar-refractivity contribution >= 4 is 16.8 Å². The smallest absolute Gasteiger partial charge is 0.270 e. The van der Waals surface area contributed by atoms with Crippen LogP contribution in [0.25, 0.3) is 22.6 Å². The van der Waals surface area contributed by atoms with E-state index < -0.39 is 10.7 Å². The van der Waals surface area contributed by atoms with Gasteiger partial charge >= 0.3 is 0 Å². The van der Waals surface area contributed by atoms with Gasteiger partial charge in [0.2, 0.25) is 5.89 Å². The van der Waals surface area contributed by atoms with E-state index in [1.165, 1.54) is 0 Å². The zero-order valence-electron chi connectivity index (χ0n) is 10.5. The molecular formula is C14H9FN2O3. The molecule has 3 aromatic rings. The van der Waals surface area contributed by atoms with E-state index in [1.54, 1.807) is 12.1 Å². The van der Waals surface area contributed by atoms with Crippen LogP contribution in [-0.4, -0.2) is 9.91 Å². The van der Waals surface area contributed by atoms with Crippen LogP contribution >= 0.6 is 0 Å². The number of nitro groups is 1. The predicted molar refractivity (Wildman–Crippen MR) is 70.8 cm³/mol. The van der Waals surface area contributed by atoms with E-state index in [9.17, 15) is 14.5 Å². The predicted octanol–water partition coefficient (Wildman–Crippen LogP) is 3.85. The molecule has 0 aliphatic heterocycles. The Kier molecular flexibility index (Phi) is 2.71. The van der Waals surface area contributed by atoms with Gasteiger partial charge in [-0.15, -0.1) is 0 Å². The number of rotatable bonds is 2. The van der Waals surface area contributed by atoms with E-state index in [4.69, 9.17) is 4.42 Å². The number of non-ortho nitro benzene ring substituents is 1. The fourth-order valence-electron chi connectivity index (χ4n) is 1.94. The summed E-state index contributed by atoms with van der Waals surface area (Å²) < 4.78 is 19.3. The lowest BCUT2D eigenvalue weighted by atomic mass is 10.2. The highest BCUT2D eigenvalue weighted by Crippen LogP contribution is 2.29. The van der Waals surface area contributed by atoms with Crippen LogP contribution in [0.3, 0.4) is 0 Å². The molecule has 5 nitrogen and oxygen atoms in total. The Labute approximate surface area is 112 Å². The fraction of sp³-hybridized carbons (Fsp3) is 0.0714. The summed E-state index contributed by atoms with van der Waals surface area (Å²) in [6.07, 6.45) is 0. The van der Waals surface area contributed by atoms with Crippen molar-refractivity contribution in [2.24, 2.45) is 0 Å². The van der Waals surface area contributed by atoms with Gasteiger partial charge in [-0.05, 0) is 30.7 Å². The molecular weight excluding hydrogens is 263 g/mol. The average molecular weight is 272 g/mol. The SMILES string of the molecule is Cc1ccc2nc(-c3cc([N+](=O)[O-])ccc3F)oc2c1. The molecule has 0 saturated carbocycles. The quantitative estimate of drug-likeness (QED) is 0.524. The molecule has 0 saturated heterocycles. The normalized spacial score (nSPS) is 10.9. The lowest BCUT2D eigenvalue weighted by molar-refractivity contribution is -0.384. The summed E-state index contributed by atoms with van der Waals surface area (Å²) in [5.74, 6) is -0.578.